The molecule has 0 aliphatic carbocycles. The molecule has 0 spiro atoms. The van der Waals surface area contributed by atoms with E-state index in [1.54, 1.807) is 20.8 Å². The monoisotopic (exact) mass is 115 g/mol. The predicted octanol–water partition coefficient (Wildman–Crippen LogP) is 0.633. The van der Waals surface area contributed by atoms with Crippen LogP contribution in [0.3, 0.4) is 0 Å². The average molecular weight is 115 g/mol. The van der Waals surface area contributed by atoms with Crippen LogP contribution >= 0.6 is 0 Å². The zero-order valence-corrected chi connectivity index (χ0v) is 5.52. The Morgan fingerprint density at radius 3 is 2.00 bits per heavy atom. The van der Waals surface area contributed by atoms with Crippen molar-refractivity contribution in [3.05, 3.63) is 12.2 Å². The minimum absolute atomic E-state index is 0.708. The minimum atomic E-state index is -0.708. The molecule has 0 unspecified atom stereocenters. The van der Waals surface area contributed by atoms with E-state index < -0.39 is 5.60 Å². The van der Waals surface area contributed by atoms with Crippen molar-refractivity contribution in [3.63, 3.8) is 0 Å². The van der Waals surface area contributed by atoms with Crippen LogP contribution in [0.4, 0.5) is 0 Å². The smallest absolute Gasteiger partial charge is 0.0708 e. The zero-order chi connectivity index (χ0) is 6.78. The molecule has 0 aromatic carbocycles. The number of hydrogen-bond donors (Lipinski definition) is 0. The molecule has 0 saturated heterocycles. The third-order valence-electron chi connectivity index (χ3n) is 1.24. The molecule has 0 heterocycles. The molecular weight excluding hydrogens is 104 g/mol. The van der Waals surface area contributed by atoms with Crippen molar-refractivity contribution in [2.24, 2.45) is 0 Å². The van der Waals surface area contributed by atoms with E-state index in [4.69, 9.17) is 0 Å². The van der Waals surface area contributed by atoms with Gasteiger partial charge in [-0.2, -0.15) is 0 Å². The summed E-state index contributed by atoms with van der Waals surface area (Å²) in [4.78, 5) is 3.85. The van der Waals surface area contributed by atoms with Crippen LogP contribution in [0.15, 0.2) is 12.2 Å². The van der Waals surface area contributed by atoms with Gasteiger partial charge >= 0.3 is 0 Å². The molecule has 0 amide bonds. The van der Waals surface area contributed by atoms with Crippen LogP contribution in [-0.2, 0) is 4.89 Å². The normalized spacial score (nSPS) is 11.5. The number of rotatable bonds is 2. The molecule has 0 rings (SSSR count). The predicted molar refractivity (Wildman–Crippen MR) is 30.0 cm³/mol. The van der Waals surface area contributed by atoms with Gasteiger partial charge in [0, 0.05) is 0 Å². The van der Waals surface area contributed by atoms with Crippen molar-refractivity contribution >= 4 is 0 Å². The second kappa shape index (κ2) is 2.29. The van der Waals surface area contributed by atoms with Crippen LogP contribution in [-0.4, -0.2) is 5.60 Å². The summed E-state index contributed by atoms with van der Waals surface area (Å²) in [5.41, 5.74) is 0.0347. The summed E-state index contributed by atoms with van der Waals surface area (Å²) in [7, 11) is 0. The Balaban J connectivity index is 3.91. The van der Waals surface area contributed by atoms with E-state index in [0.29, 0.717) is 0 Å². The third kappa shape index (κ3) is 1.64. The first-order chi connectivity index (χ1) is 3.50. The van der Waals surface area contributed by atoms with Crippen LogP contribution in [0.25, 0.3) is 0 Å². The summed E-state index contributed by atoms with van der Waals surface area (Å²) in [5, 5.41) is 9.83. The lowest BCUT2D eigenvalue weighted by Crippen LogP contribution is -2.31. The van der Waals surface area contributed by atoms with Crippen LogP contribution in [0.2, 0.25) is 0 Å². The Morgan fingerprint density at radius 1 is 1.62 bits per heavy atom. The SMILES string of the molecule is C=C(C)C(C)(C)O[O-]. The molecule has 0 fully saturated rings. The fraction of sp³-hybridized carbons (Fsp3) is 0.667. The van der Waals surface area contributed by atoms with Gasteiger partial charge in [0.05, 0.1) is 5.60 Å². The molecule has 0 aliphatic heterocycles. The molecular formula is C6H11O2-. The van der Waals surface area contributed by atoms with Gasteiger partial charge in [-0.05, 0) is 20.8 Å². The molecule has 2 nitrogen and oxygen atoms in total. The highest BCUT2D eigenvalue weighted by Gasteiger charge is 2.13. The molecule has 0 aliphatic rings. The summed E-state index contributed by atoms with van der Waals surface area (Å²) < 4.78 is 0. The van der Waals surface area contributed by atoms with Crippen LogP contribution in [0.1, 0.15) is 20.8 Å². The summed E-state index contributed by atoms with van der Waals surface area (Å²) in [6.45, 7) is 8.70. The topological polar surface area (TPSA) is 32.3 Å². The molecule has 0 aromatic rings. The van der Waals surface area contributed by atoms with Crippen LogP contribution < -0.4 is 5.26 Å². The van der Waals surface area contributed by atoms with Gasteiger partial charge in [-0.3, -0.25) is 0 Å². The highest BCUT2D eigenvalue weighted by Crippen LogP contribution is 2.14. The lowest BCUT2D eigenvalue weighted by Gasteiger charge is -2.29. The van der Waals surface area contributed by atoms with E-state index in [9.17, 15) is 5.26 Å². The fourth-order valence-corrected chi connectivity index (χ4v) is 0.0711. The lowest BCUT2D eigenvalue weighted by molar-refractivity contribution is -0.711. The van der Waals surface area contributed by atoms with E-state index in [1.807, 2.05) is 0 Å². The molecule has 2 heteroatoms. The van der Waals surface area contributed by atoms with Crippen LogP contribution in [0.5, 0.6) is 0 Å². The van der Waals surface area contributed by atoms with Gasteiger partial charge in [0.1, 0.15) is 0 Å². The minimum Gasteiger partial charge on any atom is -0.723 e. The van der Waals surface area contributed by atoms with E-state index in [0.717, 1.165) is 5.57 Å². The highest BCUT2D eigenvalue weighted by molar-refractivity contribution is 5.04. The Bertz CT molecular complexity index is 94.7. The van der Waals surface area contributed by atoms with Crippen molar-refractivity contribution in [3.8, 4) is 0 Å². The maximum atomic E-state index is 9.83. The van der Waals surface area contributed by atoms with Gasteiger partial charge in [0.15, 0.2) is 0 Å². The summed E-state index contributed by atoms with van der Waals surface area (Å²) >= 11 is 0. The Morgan fingerprint density at radius 2 is 2.00 bits per heavy atom. The summed E-state index contributed by atoms with van der Waals surface area (Å²) in [6.07, 6.45) is 0. The molecule has 0 bridgehead atoms. The first-order valence-electron chi connectivity index (χ1n) is 2.47. The molecule has 8 heavy (non-hydrogen) atoms. The standard InChI is InChI=1S/C6H12O2/c1-5(2)6(3,4)8-7/h7H,1H2,2-4H3/p-1. The third-order valence-corrected chi connectivity index (χ3v) is 1.24. The van der Waals surface area contributed by atoms with Gasteiger partial charge < -0.3 is 10.1 Å². The first-order valence-corrected chi connectivity index (χ1v) is 2.47. The van der Waals surface area contributed by atoms with Crippen molar-refractivity contribution in [2.75, 3.05) is 0 Å². The van der Waals surface area contributed by atoms with Crippen LogP contribution in [0, 0.1) is 0 Å². The number of hydrogen-bond acceptors (Lipinski definition) is 2. The second-order valence-electron chi connectivity index (χ2n) is 2.37. The molecule has 0 radical (unpaired) electrons. The van der Waals surface area contributed by atoms with E-state index in [2.05, 4.69) is 11.5 Å². The maximum Gasteiger partial charge on any atom is 0.0708 e. The van der Waals surface area contributed by atoms with Crippen molar-refractivity contribution in [1.82, 2.24) is 0 Å². The highest BCUT2D eigenvalue weighted by atomic mass is 17.1. The molecule has 0 atom stereocenters. The Labute approximate surface area is 49.7 Å². The quantitative estimate of drug-likeness (QED) is 0.300. The summed E-state index contributed by atoms with van der Waals surface area (Å²) in [5.74, 6) is 0. The van der Waals surface area contributed by atoms with E-state index >= 15 is 0 Å². The van der Waals surface area contributed by atoms with Crippen molar-refractivity contribution in [1.29, 1.82) is 0 Å². The van der Waals surface area contributed by atoms with Gasteiger partial charge in [0.2, 0.25) is 0 Å². The first kappa shape index (κ1) is 7.66. The van der Waals surface area contributed by atoms with Gasteiger partial charge in [-0.1, -0.05) is 12.2 Å². The van der Waals surface area contributed by atoms with E-state index in [-0.39, 0.29) is 0 Å². The fourth-order valence-electron chi connectivity index (χ4n) is 0.0711. The maximum absolute atomic E-state index is 9.83. The van der Waals surface area contributed by atoms with E-state index in [1.165, 1.54) is 0 Å². The Hall–Kier alpha value is -0.340. The molecule has 0 N–H and O–H groups in total. The largest absolute Gasteiger partial charge is 0.723 e. The van der Waals surface area contributed by atoms with Gasteiger partial charge in [-0.15, -0.1) is 0 Å². The lowest BCUT2D eigenvalue weighted by atomic mass is 10.0. The zero-order valence-electron chi connectivity index (χ0n) is 5.52. The molecule has 0 aromatic heterocycles. The van der Waals surface area contributed by atoms with Crippen molar-refractivity contribution in [2.45, 2.75) is 26.4 Å². The molecule has 0 saturated carbocycles. The van der Waals surface area contributed by atoms with Gasteiger partial charge in [0.25, 0.3) is 0 Å². The average Bonchev–Trinajstić information content (AvgIpc) is 1.67. The Kier molecular flexibility index (Phi) is 2.19. The van der Waals surface area contributed by atoms with Crippen molar-refractivity contribution < 1.29 is 10.1 Å². The molecule has 48 valence electrons. The second-order valence-corrected chi connectivity index (χ2v) is 2.37. The summed E-state index contributed by atoms with van der Waals surface area (Å²) in [6, 6.07) is 0. The van der Waals surface area contributed by atoms with Gasteiger partial charge in [-0.25, -0.2) is 0 Å².